The summed E-state index contributed by atoms with van der Waals surface area (Å²) in [6, 6.07) is 11.0. The number of halogens is 3. The number of hydrogen-bond acceptors (Lipinski definition) is 3. The van der Waals surface area contributed by atoms with Gasteiger partial charge >= 0.3 is 6.18 Å². The number of hydrogen-bond donors (Lipinski definition) is 2. The van der Waals surface area contributed by atoms with E-state index in [4.69, 9.17) is 5.11 Å². The summed E-state index contributed by atoms with van der Waals surface area (Å²) in [6.07, 6.45) is -4.43. The molecule has 0 atom stereocenters. The number of anilines is 2. The summed E-state index contributed by atoms with van der Waals surface area (Å²) < 4.78 is 37.5. The second-order valence-corrected chi connectivity index (χ2v) is 5.22. The lowest BCUT2D eigenvalue weighted by atomic mass is 10.1. The predicted molar refractivity (Wildman–Crippen MR) is 86.2 cm³/mol. The van der Waals surface area contributed by atoms with Crippen molar-refractivity contribution in [2.24, 2.45) is 0 Å². The number of aliphatic hydroxyl groups excluding tert-OH is 1. The number of carbonyl (C=O) groups excluding carboxylic acids is 1. The van der Waals surface area contributed by atoms with Crippen molar-refractivity contribution < 1.29 is 23.1 Å². The van der Waals surface area contributed by atoms with E-state index in [1.165, 1.54) is 0 Å². The molecule has 128 valence electrons. The lowest BCUT2D eigenvalue weighted by Crippen LogP contribution is -2.21. The molecule has 0 unspecified atom stereocenters. The average molecular weight is 338 g/mol. The molecule has 0 saturated carbocycles. The smallest absolute Gasteiger partial charge is 0.395 e. The van der Waals surface area contributed by atoms with Crippen LogP contribution in [-0.4, -0.2) is 31.2 Å². The van der Waals surface area contributed by atoms with Gasteiger partial charge in [-0.15, -0.1) is 0 Å². The first-order valence-electron chi connectivity index (χ1n) is 7.22. The zero-order valence-corrected chi connectivity index (χ0v) is 13.0. The summed E-state index contributed by atoms with van der Waals surface area (Å²) in [7, 11) is 1.83. The second-order valence-electron chi connectivity index (χ2n) is 5.22. The molecule has 0 heterocycles. The second kappa shape index (κ2) is 7.35. The molecular weight excluding hydrogens is 321 g/mol. The number of alkyl halides is 3. The Hall–Kier alpha value is -2.54. The van der Waals surface area contributed by atoms with E-state index in [9.17, 15) is 18.0 Å². The fourth-order valence-electron chi connectivity index (χ4n) is 2.09. The van der Waals surface area contributed by atoms with Gasteiger partial charge in [-0.2, -0.15) is 13.2 Å². The summed E-state index contributed by atoms with van der Waals surface area (Å²) in [4.78, 5) is 13.9. The maximum Gasteiger partial charge on any atom is 0.416 e. The molecule has 0 aliphatic heterocycles. The van der Waals surface area contributed by atoms with Gasteiger partial charge in [0.05, 0.1) is 12.2 Å². The van der Waals surface area contributed by atoms with Crippen LogP contribution in [0, 0.1) is 0 Å². The Bertz CT molecular complexity index is 682. The molecule has 4 nitrogen and oxygen atoms in total. The lowest BCUT2D eigenvalue weighted by molar-refractivity contribution is -0.137. The standard InChI is InChI=1S/C17H17F3N2O2/c1-22(10-11-23)15-8-6-14(7-9-15)21-16(24)12-2-4-13(5-3-12)17(18,19)20/h2-9,23H,10-11H2,1H3,(H,21,24). The van der Waals surface area contributed by atoms with Gasteiger partial charge in [0.15, 0.2) is 0 Å². The summed E-state index contributed by atoms with van der Waals surface area (Å²) in [5.41, 5.74) is 0.748. The van der Waals surface area contributed by atoms with E-state index in [0.29, 0.717) is 12.2 Å². The number of nitrogens with zero attached hydrogens (tertiary/aromatic N) is 1. The Labute approximate surface area is 137 Å². The van der Waals surface area contributed by atoms with Gasteiger partial charge in [-0.1, -0.05) is 0 Å². The van der Waals surface area contributed by atoms with Crippen LogP contribution in [0.3, 0.4) is 0 Å². The molecule has 24 heavy (non-hydrogen) atoms. The molecule has 0 fully saturated rings. The molecule has 0 radical (unpaired) electrons. The van der Waals surface area contributed by atoms with Crippen molar-refractivity contribution in [1.29, 1.82) is 0 Å². The molecular formula is C17H17F3N2O2. The van der Waals surface area contributed by atoms with Crippen LogP contribution in [0.5, 0.6) is 0 Å². The Balaban J connectivity index is 2.04. The van der Waals surface area contributed by atoms with Gasteiger partial charge in [-0.25, -0.2) is 0 Å². The minimum Gasteiger partial charge on any atom is -0.395 e. The zero-order chi connectivity index (χ0) is 17.7. The van der Waals surface area contributed by atoms with Crippen LogP contribution in [0.2, 0.25) is 0 Å². The molecule has 2 N–H and O–H groups in total. The number of carbonyl (C=O) groups is 1. The SMILES string of the molecule is CN(CCO)c1ccc(NC(=O)c2ccc(C(F)(F)F)cc2)cc1. The topological polar surface area (TPSA) is 52.6 Å². The first-order valence-corrected chi connectivity index (χ1v) is 7.22. The first-order chi connectivity index (χ1) is 11.3. The van der Waals surface area contributed by atoms with E-state index in [-0.39, 0.29) is 12.2 Å². The van der Waals surface area contributed by atoms with Gasteiger partial charge in [-0.3, -0.25) is 4.79 Å². The van der Waals surface area contributed by atoms with Gasteiger partial charge in [0, 0.05) is 30.5 Å². The van der Waals surface area contributed by atoms with Crippen molar-refractivity contribution in [3.63, 3.8) is 0 Å². The summed E-state index contributed by atoms with van der Waals surface area (Å²) >= 11 is 0. The third-order valence-corrected chi connectivity index (χ3v) is 3.48. The minimum absolute atomic E-state index is 0.0307. The van der Waals surface area contributed by atoms with Crippen molar-refractivity contribution in [2.75, 3.05) is 30.4 Å². The highest BCUT2D eigenvalue weighted by Gasteiger charge is 2.30. The predicted octanol–water partition coefficient (Wildman–Crippen LogP) is 3.39. The molecule has 1 amide bonds. The normalized spacial score (nSPS) is 11.2. The Morgan fingerprint density at radius 2 is 1.67 bits per heavy atom. The van der Waals surface area contributed by atoms with Crippen molar-refractivity contribution in [3.8, 4) is 0 Å². The molecule has 0 aromatic heterocycles. The Morgan fingerprint density at radius 3 is 2.17 bits per heavy atom. The van der Waals surface area contributed by atoms with E-state index < -0.39 is 17.6 Å². The van der Waals surface area contributed by atoms with E-state index >= 15 is 0 Å². The lowest BCUT2D eigenvalue weighted by Gasteiger charge is -2.18. The fourth-order valence-corrected chi connectivity index (χ4v) is 2.09. The van der Waals surface area contributed by atoms with Crippen LogP contribution in [0.15, 0.2) is 48.5 Å². The zero-order valence-electron chi connectivity index (χ0n) is 13.0. The molecule has 0 bridgehead atoms. The van der Waals surface area contributed by atoms with Gasteiger partial charge in [0.25, 0.3) is 5.91 Å². The summed E-state index contributed by atoms with van der Waals surface area (Å²) in [6.45, 7) is 0.514. The number of rotatable bonds is 5. The third-order valence-electron chi connectivity index (χ3n) is 3.48. The number of aliphatic hydroxyl groups is 1. The van der Waals surface area contributed by atoms with Gasteiger partial charge in [0.1, 0.15) is 0 Å². The Morgan fingerprint density at radius 1 is 1.08 bits per heavy atom. The van der Waals surface area contributed by atoms with Crippen LogP contribution in [0.4, 0.5) is 24.5 Å². The molecule has 2 aromatic carbocycles. The van der Waals surface area contributed by atoms with Crippen LogP contribution in [0.1, 0.15) is 15.9 Å². The third kappa shape index (κ3) is 4.48. The van der Waals surface area contributed by atoms with Crippen LogP contribution >= 0.6 is 0 Å². The number of amides is 1. The van der Waals surface area contributed by atoms with Crippen LogP contribution < -0.4 is 10.2 Å². The van der Waals surface area contributed by atoms with Gasteiger partial charge in [-0.05, 0) is 48.5 Å². The van der Waals surface area contributed by atoms with E-state index in [0.717, 1.165) is 30.0 Å². The molecule has 2 aromatic rings. The highest BCUT2D eigenvalue weighted by molar-refractivity contribution is 6.04. The molecule has 0 spiro atoms. The monoisotopic (exact) mass is 338 g/mol. The molecule has 0 saturated heterocycles. The maximum atomic E-state index is 12.5. The van der Waals surface area contributed by atoms with Crippen LogP contribution in [0.25, 0.3) is 0 Å². The minimum atomic E-state index is -4.43. The maximum absolute atomic E-state index is 12.5. The van der Waals surface area contributed by atoms with Gasteiger partial charge in [0.2, 0.25) is 0 Å². The van der Waals surface area contributed by atoms with Gasteiger partial charge < -0.3 is 15.3 Å². The fraction of sp³-hybridized carbons (Fsp3) is 0.235. The Kier molecular flexibility index (Phi) is 5.46. The average Bonchev–Trinajstić information content (AvgIpc) is 2.55. The number of benzene rings is 2. The summed E-state index contributed by atoms with van der Waals surface area (Å²) in [5.74, 6) is -0.486. The van der Waals surface area contributed by atoms with Crippen molar-refractivity contribution >= 4 is 17.3 Å². The van der Waals surface area contributed by atoms with E-state index in [1.807, 2.05) is 11.9 Å². The van der Waals surface area contributed by atoms with Crippen LogP contribution in [-0.2, 0) is 6.18 Å². The molecule has 0 aliphatic rings. The van der Waals surface area contributed by atoms with Crippen molar-refractivity contribution in [3.05, 3.63) is 59.7 Å². The number of likely N-dealkylation sites (N-methyl/N-ethyl adjacent to an activating group) is 1. The molecule has 0 aliphatic carbocycles. The highest BCUT2D eigenvalue weighted by Crippen LogP contribution is 2.29. The first kappa shape index (κ1) is 17.8. The summed E-state index contributed by atoms with van der Waals surface area (Å²) in [5, 5.41) is 11.5. The largest absolute Gasteiger partial charge is 0.416 e. The van der Waals surface area contributed by atoms with E-state index in [1.54, 1.807) is 24.3 Å². The molecule has 2 rings (SSSR count). The number of nitrogens with one attached hydrogen (secondary N) is 1. The van der Waals surface area contributed by atoms with Crippen molar-refractivity contribution in [1.82, 2.24) is 0 Å². The highest BCUT2D eigenvalue weighted by atomic mass is 19.4. The quantitative estimate of drug-likeness (QED) is 0.879. The van der Waals surface area contributed by atoms with Crippen molar-refractivity contribution in [2.45, 2.75) is 6.18 Å². The van der Waals surface area contributed by atoms with E-state index in [2.05, 4.69) is 5.32 Å². The molecule has 7 heteroatoms.